The van der Waals surface area contributed by atoms with E-state index in [9.17, 15) is 26.0 Å². The van der Waals surface area contributed by atoms with Gasteiger partial charge in [0.25, 0.3) is 5.92 Å². The van der Waals surface area contributed by atoms with Crippen LogP contribution in [0.2, 0.25) is 0 Å². The Bertz CT molecular complexity index is 1000. The predicted octanol–water partition coefficient (Wildman–Crippen LogP) is 6.08. The maximum absolute atomic E-state index is 13.3. The van der Waals surface area contributed by atoms with Crippen molar-refractivity contribution in [2.75, 3.05) is 18.8 Å². The molecule has 4 N–H and O–H groups in total. The summed E-state index contributed by atoms with van der Waals surface area (Å²) in [5.41, 5.74) is 3.32. The van der Waals surface area contributed by atoms with Gasteiger partial charge in [0.05, 0.1) is 6.54 Å². The van der Waals surface area contributed by atoms with Crippen LogP contribution in [-0.2, 0) is 28.6 Å². The molecule has 38 heavy (non-hydrogen) atoms. The highest BCUT2D eigenvalue weighted by atomic mass is 32.2. The largest absolute Gasteiger partial charge is 0.346 e. The second-order valence-electron chi connectivity index (χ2n) is 8.45. The van der Waals surface area contributed by atoms with Crippen molar-refractivity contribution in [1.29, 1.82) is 0 Å². The quantitative estimate of drug-likeness (QED) is 0.179. The average Bonchev–Trinajstić information content (AvgIpc) is 3.29. The minimum atomic E-state index is -3.54. The van der Waals surface area contributed by atoms with Crippen molar-refractivity contribution in [3.63, 3.8) is 0 Å². The molecule has 0 spiro atoms. The molecule has 2 aromatic rings. The summed E-state index contributed by atoms with van der Waals surface area (Å²) in [6.45, 7) is 5.32. The van der Waals surface area contributed by atoms with Gasteiger partial charge in [0.15, 0.2) is 11.1 Å². The van der Waals surface area contributed by atoms with Crippen molar-refractivity contribution in [3.05, 3.63) is 71.3 Å². The zero-order chi connectivity index (χ0) is 28.8. The fourth-order valence-corrected chi connectivity index (χ4v) is 4.68. The zero-order valence-electron chi connectivity index (χ0n) is 21.8. The van der Waals surface area contributed by atoms with Crippen LogP contribution in [0.15, 0.2) is 54.6 Å². The highest BCUT2D eigenvalue weighted by Gasteiger charge is 2.36. The molecule has 0 amide bonds. The molecule has 0 aliphatic heterocycles. The summed E-state index contributed by atoms with van der Waals surface area (Å²) < 4.78 is 90.1. The first-order valence-electron chi connectivity index (χ1n) is 12.5. The third-order valence-electron chi connectivity index (χ3n) is 5.75. The van der Waals surface area contributed by atoms with Crippen LogP contribution in [0.4, 0.5) is 17.6 Å². The van der Waals surface area contributed by atoms with Crippen molar-refractivity contribution in [2.45, 2.75) is 69.7 Å². The molecule has 0 radical (unpaired) electrons. The van der Waals surface area contributed by atoms with E-state index in [0.29, 0.717) is 6.42 Å². The van der Waals surface area contributed by atoms with Crippen LogP contribution in [0.3, 0.4) is 0 Å². The maximum atomic E-state index is 13.3. The van der Waals surface area contributed by atoms with E-state index in [4.69, 9.17) is 9.11 Å². The van der Waals surface area contributed by atoms with E-state index < -0.39 is 52.1 Å². The van der Waals surface area contributed by atoms with Gasteiger partial charge in [-0.3, -0.25) is 0 Å². The Hall–Kier alpha value is -1.70. The Balaban J connectivity index is 0.000000357. The van der Waals surface area contributed by atoms with Gasteiger partial charge in [0, 0.05) is 25.0 Å². The van der Waals surface area contributed by atoms with Crippen molar-refractivity contribution < 1.29 is 35.1 Å². The first kappa shape index (κ1) is 34.3. The number of aryl methyl sites for hydroxylation is 1. The van der Waals surface area contributed by atoms with Crippen LogP contribution in [0, 0.1) is 0 Å². The van der Waals surface area contributed by atoms with Crippen LogP contribution in [0.5, 0.6) is 0 Å². The van der Waals surface area contributed by atoms with Crippen molar-refractivity contribution in [1.82, 2.24) is 10.6 Å². The molecule has 12 heteroatoms. The number of benzene rings is 2. The number of halogens is 4. The van der Waals surface area contributed by atoms with Crippen LogP contribution in [-0.4, -0.2) is 47.5 Å². The summed E-state index contributed by atoms with van der Waals surface area (Å²) in [5, 5.41) is 2.22. The second-order valence-corrected chi connectivity index (χ2v) is 10.5. The summed E-state index contributed by atoms with van der Waals surface area (Å²) in [4.78, 5) is 0. The average molecular weight is 583 g/mol. The first-order valence-corrected chi connectivity index (χ1v) is 14.9. The van der Waals surface area contributed by atoms with Gasteiger partial charge < -0.3 is 19.7 Å². The Morgan fingerprint density at radius 1 is 1.00 bits per heavy atom. The van der Waals surface area contributed by atoms with Gasteiger partial charge in [0.2, 0.25) is 11.1 Å². The summed E-state index contributed by atoms with van der Waals surface area (Å²) in [6, 6.07) is 17.1. The number of hydrogen-bond acceptors (Lipinski definition) is 4. The molecule has 2 aromatic carbocycles. The number of fused-ring (bicyclic) bond motifs is 1. The molecule has 0 bridgehead atoms. The van der Waals surface area contributed by atoms with Crippen LogP contribution >= 0.6 is 0 Å². The Kier molecular flexibility index (Phi) is 15.4. The highest BCUT2D eigenvalue weighted by Crippen LogP contribution is 2.31. The molecule has 3 rings (SSSR count). The third kappa shape index (κ3) is 12.0. The molecular weight excluding hydrogens is 544 g/mol. The van der Waals surface area contributed by atoms with Crippen LogP contribution in [0.1, 0.15) is 68.8 Å². The standard InChI is InChI=1S/C12H15F2NO2S.C12H17F2NO2S.C2H6/c13-12(14,18(16)17)7-8-15-11-6-5-9-3-1-2-4-10(9)11;1-2-11(10-6-4-3-5-7-10)15-8-12(13,14)9-18(16)17;1-2/h1-4,11,15H,5-8H2,(H,16,17);3-7,11,15H,2,8-9H2,1H3,(H,16,17);1-2H3. The zero-order valence-corrected chi connectivity index (χ0v) is 23.5. The van der Waals surface area contributed by atoms with Gasteiger partial charge in [-0.15, -0.1) is 0 Å². The van der Waals surface area contributed by atoms with E-state index in [2.05, 4.69) is 10.6 Å². The lowest BCUT2D eigenvalue weighted by atomic mass is 10.0. The number of rotatable bonds is 12. The summed E-state index contributed by atoms with van der Waals surface area (Å²) in [6.07, 6.45) is 1.86. The number of alkyl halides is 4. The molecule has 0 heterocycles. The molecule has 6 nitrogen and oxygen atoms in total. The normalized spacial score (nSPS) is 17.2. The van der Waals surface area contributed by atoms with Crippen LogP contribution in [0.25, 0.3) is 0 Å². The van der Waals surface area contributed by atoms with Gasteiger partial charge in [-0.05, 0) is 36.0 Å². The molecule has 0 aromatic heterocycles. The predicted molar refractivity (Wildman–Crippen MR) is 145 cm³/mol. The van der Waals surface area contributed by atoms with E-state index in [1.54, 1.807) is 0 Å². The molecule has 0 saturated carbocycles. The number of nitrogens with one attached hydrogen (secondary N) is 2. The number of hydrogen-bond donors (Lipinski definition) is 4. The van der Waals surface area contributed by atoms with E-state index >= 15 is 0 Å². The first-order chi connectivity index (χ1) is 17.9. The van der Waals surface area contributed by atoms with Gasteiger partial charge >= 0.3 is 5.25 Å². The topological polar surface area (TPSA) is 98.7 Å². The minimum absolute atomic E-state index is 0.0261. The van der Waals surface area contributed by atoms with E-state index in [1.165, 1.54) is 5.56 Å². The van der Waals surface area contributed by atoms with Crippen molar-refractivity contribution in [2.24, 2.45) is 0 Å². The monoisotopic (exact) mass is 582 g/mol. The fourth-order valence-electron chi connectivity index (χ4n) is 3.94. The lowest BCUT2D eigenvalue weighted by molar-refractivity contribution is 0.0230. The van der Waals surface area contributed by atoms with Gasteiger partial charge in [-0.1, -0.05) is 75.4 Å². The summed E-state index contributed by atoms with van der Waals surface area (Å²) >= 11 is -5.58. The van der Waals surface area contributed by atoms with Gasteiger partial charge in [0.1, 0.15) is 5.75 Å². The third-order valence-corrected chi connectivity index (χ3v) is 7.13. The Labute approximate surface area is 227 Å². The highest BCUT2D eigenvalue weighted by molar-refractivity contribution is 7.80. The lowest BCUT2D eigenvalue weighted by Crippen LogP contribution is -2.38. The lowest BCUT2D eigenvalue weighted by Gasteiger charge is -2.21. The Morgan fingerprint density at radius 2 is 1.61 bits per heavy atom. The molecule has 1 aliphatic carbocycles. The molecule has 216 valence electrons. The van der Waals surface area contributed by atoms with Crippen molar-refractivity contribution >= 4 is 22.2 Å². The summed E-state index contributed by atoms with van der Waals surface area (Å²) in [7, 11) is 0. The second kappa shape index (κ2) is 17.1. The molecule has 0 fully saturated rings. The van der Waals surface area contributed by atoms with E-state index in [-0.39, 0.29) is 18.6 Å². The van der Waals surface area contributed by atoms with E-state index in [0.717, 1.165) is 24.0 Å². The minimum Gasteiger partial charge on any atom is -0.310 e. The summed E-state index contributed by atoms with van der Waals surface area (Å²) in [5.74, 6) is -4.22. The van der Waals surface area contributed by atoms with Gasteiger partial charge in [-0.2, -0.15) is 8.78 Å². The van der Waals surface area contributed by atoms with Crippen LogP contribution < -0.4 is 10.6 Å². The Morgan fingerprint density at radius 3 is 2.18 bits per heavy atom. The maximum Gasteiger partial charge on any atom is 0.346 e. The van der Waals surface area contributed by atoms with E-state index in [1.807, 2.05) is 75.4 Å². The smallest absolute Gasteiger partial charge is 0.310 e. The molecule has 1 aliphatic rings. The molecular formula is C26H38F4N2O4S2. The fraction of sp³-hybridized carbons (Fsp3) is 0.538. The molecule has 4 atom stereocenters. The van der Waals surface area contributed by atoms with Crippen molar-refractivity contribution in [3.8, 4) is 0 Å². The molecule has 0 saturated heterocycles. The van der Waals surface area contributed by atoms with Gasteiger partial charge in [-0.25, -0.2) is 17.2 Å². The molecule has 4 unspecified atom stereocenters. The SMILES string of the molecule is CC.CCC(NCC(F)(F)CS(=O)O)c1ccccc1.O=S(O)C(F)(F)CCNC1CCc2ccccc21.